The quantitative estimate of drug-likeness (QED) is 0.282. The van der Waals surface area contributed by atoms with Crippen molar-refractivity contribution in [1.82, 2.24) is 0 Å². The summed E-state index contributed by atoms with van der Waals surface area (Å²) in [5.74, 6) is -0.234. The summed E-state index contributed by atoms with van der Waals surface area (Å²) in [5, 5.41) is 0. The largest absolute Gasteiger partial charge is 0.466 e. The molecule has 0 spiro atoms. The molecular weight excluding hydrogens is 264 g/mol. The first kappa shape index (κ1) is 17.8. The molecule has 19 heavy (non-hydrogen) atoms. The van der Waals surface area contributed by atoms with Crippen molar-refractivity contribution in [2.45, 2.75) is 32.6 Å². The minimum absolute atomic E-state index is 0.290. The summed E-state index contributed by atoms with van der Waals surface area (Å²) in [6.45, 7) is 5.70. The number of allylic oxidation sites excluding steroid dienone is 1. The maximum Gasteiger partial charge on any atom is 0.344 e. The molecule has 0 aliphatic carbocycles. The van der Waals surface area contributed by atoms with Crippen LogP contribution >= 0.6 is 11.8 Å². The number of hydrogen-bond donors (Lipinski definition) is 0. The second-order valence-electron chi connectivity index (χ2n) is 3.84. The van der Waals surface area contributed by atoms with Crippen molar-refractivity contribution in [1.29, 1.82) is 0 Å². The molecule has 108 valence electrons. The van der Waals surface area contributed by atoms with Crippen molar-refractivity contribution in [2.24, 2.45) is 0 Å². The van der Waals surface area contributed by atoms with Crippen LogP contribution in [0, 0.1) is 0 Å². The second kappa shape index (κ2) is 10.7. The van der Waals surface area contributed by atoms with Crippen molar-refractivity contribution >= 4 is 23.7 Å². The van der Waals surface area contributed by atoms with Crippen molar-refractivity contribution < 1.29 is 19.1 Å². The summed E-state index contributed by atoms with van der Waals surface area (Å²) in [6, 6.07) is 0. The van der Waals surface area contributed by atoms with Gasteiger partial charge in [0.15, 0.2) is 0 Å². The lowest BCUT2D eigenvalue weighted by Gasteiger charge is -2.10. The number of methoxy groups -OCH3 is 2. The van der Waals surface area contributed by atoms with Crippen molar-refractivity contribution in [3.63, 3.8) is 0 Å². The molecular formula is C14H22O4S. The molecule has 0 bridgehead atoms. The zero-order valence-corrected chi connectivity index (χ0v) is 12.7. The van der Waals surface area contributed by atoms with Gasteiger partial charge in [-0.25, -0.2) is 9.59 Å². The molecule has 0 amide bonds. The molecule has 0 aromatic carbocycles. The van der Waals surface area contributed by atoms with E-state index in [9.17, 15) is 9.59 Å². The Balaban J connectivity index is 5.06. The Kier molecular flexibility index (Phi) is 9.98. The Morgan fingerprint density at radius 1 is 1.16 bits per heavy atom. The highest BCUT2D eigenvalue weighted by molar-refractivity contribution is 8.04. The lowest BCUT2D eigenvalue weighted by molar-refractivity contribution is -0.138. The molecule has 0 saturated heterocycles. The maximum atomic E-state index is 11.8. The van der Waals surface area contributed by atoms with Gasteiger partial charge < -0.3 is 9.47 Å². The topological polar surface area (TPSA) is 52.6 Å². The Morgan fingerprint density at radius 2 is 1.79 bits per heavy atom. The Labute approximate surface area is 119 Å². The Morgan fingerprint density at radius 3 is 2.26 bits per heavy atom. The molecule has 0 saturated carbocycles. The summed E-state index contributed by atoms with van der Waals surface area (Å²) in [7, 11) is 2.60. The van der Waals surface area contributed by atoms with Gasteiger partial charge in [-0.1, -0.05) is 25.8 Å². The van der Waals surface area contributed by atoms with Crippen molar-refractivity contribution in [2.75, 3.05) is 20.0 Å². The Hall–Kier alpha value is -1.23. The number of rotatable bonds is 9. The van der Waals surface area contributed by atoms with Crippen LogP contribution in [0.2, 0.25) is 0 Å². The first-order valence-corrected chi connectivity index (χ1v) is 7.24. The number of hydrogen-bond acceptors (Lipinski definition) is 5. The minimum Gasteiger partial charge on any atom is -0.466 e. The molecule has 0 aliphatic rings. The van der Waals surface area contributed by atoms with E-state index in [-0.39, 0.29) is 6.42 Å². The smallest absolute Gasteiger partial charge is 0.344 e. The third-order valence-corrected chi connectivity index (χ3v) is 3.61. The average molecular weight is 286 g/mol. The molecule has 0 fully saturated rings. The van der Waals surface area contributed by atoms with E-state index in [2.05, 4.69) is 13.5 Å². The van der Waals surface area contributed by atoms with Gasteiger partial charge in [0.2, 0.25) is 0 Å². The monoisotopic (exact) mass is 286 g/mol. The average Bonchev–Trinajstić information content (AvgIpc) is 2.44. The first-order valence-electron chi connectivity index (χ1n) is 6.25. The van der Waals surface area contributed by atoms with Crippen LogP contribution < -0.4 is 0 Å². The summed E-state index contributed by atoms with van der Waals surface area (Å²) < 4.78 is 9.43. The van der Waals surface area contributed by atoms with E-state index in [4.69, 9.17) is 9.47 Å². The summed E-state index contributed by atoms with van der Waals surface area (Å²) in [5.41, 5.74) is 0.311. The number of unbranched alkanes of at least 4 members (excludes halogenated alkanes) is 2. The van der Waals surface area contributed by atoms with Crippen molar-refractivity contribution in [3.8, 4) is 0 Å². The van der Waals surface area contributed by atoms with E-state index >= 15 is 0 Å². The highest BCUT2D eigenvalue weighted by atomic mass is 32.2. The molecule has 0 N–H and O–H groups in total. The van der Waals surface area contributed by atoms with Crippen LogP contribution in [0.5, 0.6) is 0 Å². The lowest BCUT2D eigenvalue weighted by Crippen LogP contribution is -2.13. The van der Waals surface area contributed by atoms with Gasteiger partial charge in [0.1, 0.15) is 4.91 Å². The van der Waals surface area contributed by atoms with E-state index < -0.39 is 11.9 Å². The summed E-state index contributed by atoms with van der Waals surface area (Å²) in [4.78, 5) is 23.8. The predicted octanol–water partition coefficient (Wildman–Crippen LogP) is 3.09. The number of carbonyl (C=O) groups is 2. The van der Waals surface area contributed by atoms with E-state index in [1.165, 1.54) is 26.0 Å². The summed E-state index contributed by atoms with van der Waals surface area (Å²) >= 11 is 1.34. The fourth-order valence-corrected chi connectivity index (χ4v) is 2.52. The standard InChI is InChI=1S/C14H22O4S/c1-5-7-8-10-19-12(14(16)18-4)11(9-6-2)13(15)17-3/h6H,2,5,7-10H2,1,3-4H3. The van der Waals surface area contributed by atoms with Crippen LogP contribution in [0.25, 0.3) is 0 Å². The number of esters is 2. The summed E-state index contributed by atoms with van der Waals surface area (Å²) in [6.07, 6.45) is 5.05. The Bertz CT molecular complexity index is 347. The van der Waals surface area contributed by atoms with Crippen LogP contribution in [0.3, 0.4) is 0 Å². The van der Waals surface area contributed by atoms with Gasteiger partial charge >= 0.3 is 11.9 Å². The molecule has 5 heteroatoms. The van der Waals surface area contributed by atoms with E-state index in [0.29, 0.717) is 10.5 Å². The molecule has 0 aromatic heterocycles. The number of thioether (sulfide) groups is 1. The first-order chi connectivity index (χ1) is 9.12. The van der Waals surface area contributed by atoms with E-state index in [0.717, 1.165) is 25.0 Å². The maximum absolute atomic E-state index is 11.8. The third-order valence-electron chi connectivity index (χ3n) is 2.42. The van der Waals surface area contributed by atoms with Crippen LogP contribution in [-0.2, 0) is 19.1 Å². The van der Waals surface area contributed by atoms with Gasteiger partial charge in [0.25, 0.3) is 0 Å². The molecule has 0 atom stereocenters. The van der Waals surface area contributed by atoms with Crippen LogP contribution in [-0.4, -0.2) is 31.9 Å². The van der Waals surface area contributed by atoms with Gasteiger partial charge in [-0.15, -0.1) is 18.3 Å². The van der Waals surface area contributed by atoms with Gasteiger partial charge in [-0.05, 0) is 18.6 Å². The van der Waals surface area contributed by atoms with Crippen LogP contribution in [0.1, 0.15) is 32.6 Å². The zero-order chi connectivity index (χ0) is 14.7. The highest BCUT2D eigenvalue weighted by Crippen LogP contribution is 2.26. The van der Waals surface area contributed by atoms with E-state index in [1.54, 1.807) is 6.08 Å². The van der Waals surface area contributed by atoms with Gasteiger partial charge in [0, 0.05) is 0 Å². The van der Waals surface area contributed by atoms with Crippen molar-refractivity contribution in [3.05, 3.63) is 23.1 Å². The molecule has 0 aromatic rings. The highest BCUT2D eigenvalue weighted by Gasteiger charge is 2.21. The molecule has 0 unspecified atom stereocenters. The molecule has 0 radical (unpaired) electrons. The van der Waals surface area contributed by atoms with Gasteiger partial charge in [-0.3, -0.25) is 0 Å². The number of carbonyl (C=O) groups excluding carboxylic acids is 2. The van der Waals surface area contributed by atoms with Gasteiger partial charge in [-0.2, -0.15) is 0 Å². The van der Waals surface area contributed by atoms with Crippen LogP contribution in [0.15, 0.2) is 23.1 Å². The van der Waals surface area contributed by atoms with E-state index in [1.807, 2.05) is 0 Å². The number of ether oxygens (including phenoxy) is 2. The van der Waals surface area contributed by atoms with Crippen LogP contribution in [0.4, 0.5) is 0 Å². The molecule has 0 rings (SSSR count). The molecule has 0 heterocycles. The minimum atomic E-state index is -0.511. The molecule has 0 aliphatic heterocycles. The normalized spacial score (nSPS) is 11.5. The third kappa shape index (κ3) is 6.47. The SMILES string of the molecule is C=CCC(C(=O)OC)=C(SCCCCC)C(=O)OC. The second-order valence-corrected chi connectivity index (χ2v) is 4.94. The fraction of sp³-hybridized carbons (Fsp3) is 0.571. The predicted molar refractivity (Wildman–Crippen MR) is 77.9 cm³/mol. The zero-order valence-electron chi connectivity index (χ0n) is 11.9. The lowest BCUT2D eigenvalue weighted by atomic mass is 10.2. The fourth-order valence-electron chi connectivity index (χ4n) is 1.42. The molecule has 4 nitrogen and oxygen atoms in total. The van der Waals surface area contributed by atoms with Gasteiger partial charge in [0.05, 0.1) is 19.8 Å².